The van der Waals surface area contributed by atoms with Crippen LogP contribution >= 0.6 is 11.8 Å². The number of allylic oxidation sites excluding steroid dienone is 1. The smallest absolute Gasteiger partial charge is 0.417 e. The molecule has 4 heterocycles. The average Bonchev–Trinajstić information content (AvgIpc) is 3.43. The van der Waals surface area contributed by atoms with Crippen molar-refractivity contribution in [3.8, 4) is 5.75 Å². The van der Waals surface area contributed by atoms with E-state index in [-0.39, 0.29) is 16.9 Å². The predicted octanol–water partition coefficient (Wildman–Crippen LogP) is 5.93. The minimum Gasteiger partial charge on any atom is -0.497 e. The third-order valence-corrected chi connectivity index (χ3v) is 11.0. The van der Waals surface area contributed by atoms with Crippen molar-refractivity contribution in [1.29, 1.82) is 0 Å². The van der Waals surface area contributed by atoms with Gasteiger partial charge in [0.15, 0.2) is 0 Å². The Hall–Kier alpha value is -2.64. The number of aliphatic hydroxyl groups is 1. The lowest BCUT2D eigenvalue weighted by Gasteiger charge is -2.34. The second-order valence-corrected chi connectivity index (χ2v) is 14.2. The van der Waals surface area contributed by atoms with Crippen molar-refractivity contribution in [2.24, 2.45) is 10.9 Å². The molecule has 2 unspecified atom stereocenters. The maximum Gasteiger partial charge on any atom is 0.417 e. The Morgan fingerprint density at radius 1 is 0.979 bits per heavy atom. The minimum atomic E-state index is -4.46. The van der Waals surface area contributed by atoms with E-state index < -0.39 is 24.0 Å². The highest BCUT2D eigenvalue weighted by molar-refractivity contribution is 7.99. The Kier molecular flexibility index (Phi) is 11.1. The standard InChI is InChI=1S/C35H45F4N5O2S/c1-46-29-5-2-24(3-6-29)25-9-14-43(15-10-25)22-28(45)23-44-32-8-13-40-21-30(32)34(41-44)26-4-7-31(35(37,38)39)33(20-26)47-19-18-42-16-11-27(36)12-17-42/h2-8,13,20,25,27-28,30,34,41,45H,9-12,14-19,21-23H2,1H3/t28-,30?,34?/m0/s1. The van der Waals surface area contributed by atoms with Crippen LogP contribution in [0.1, 0.15) is 54.3 Å². The number of hydrogen-bond acceptors (Lipinski definition) is 8. The molecule has 3 fully saturated rings. The molecule has 3 saturated heterocycles. The van der Waals surface area contributed by atoms with Gasteiger partial charge in [-0.1, -0.05) is 18.2 Å². The number of thioether (sulfide) groups is 1. The number of nitrogens with zero attached hydrogens (tertiary/aromatic N) is 4. The summed E-state index contributed by atoms with van der Waals surface area (Å²) in [5.41, 5.74) is 5.96. The second-order valence-electron chi connectivity index (χ2n) is 13.0. The normalized spacial score (nSPS) is 24.0. The number of aliphatic hydroxyl groups excluding tert-OH is 1. The molecule has 12 heteroatoms. The lowest BCUT2D eigenvalue weighted by Crippen LogP contribution is -2.44. The number of rotatable bonds is 11. The van der Waals surface area contributed by atoms with Gasteiger partial charge in [0.05, 0.1) is 31.4 Å². The molecule has 4 aliphatic rings. The summed E-state index contributed by atoms with van der Waals surface area (Å²) in [6.45, 7) is 5.14. The minimum absolute atomic E-state index is 0.0518. The summed E-state index contributed by atoms with van der Waals surface area (Å²) in [4.78, 5) is 9.11. The van der Waals surface area contributed by atoms with Crippen molar-refractivity contribution >= 4 is 18.0 Å². The molecule has 2 aromatic rings. The van der Waals surface area contributed by atoms with Crippen LogP contribution in [0.5, 0.6) is 5.75 Å². The highest BCUT2D eigenvalue weighted by Crippen LogP contribution is 2.42. The van der Waals surface area contributed by atoms with Crippen LogP contribution in [0, 0.1) is 5.92 Å². The molecule has 47 heavy (non-hydrogen) atoms. The Morgan fingerprint density at radius 3 is 2.38 bits per heavy atom. The van der Waals surface area contributed by atoms with Crippen LogP contribution in [0.4, 0.5) is 17.6 Å². The number of halogens is 4. The fourth-order valence-electron chi connectivity index (χ4n) is 7.27. The van der Waals surface area contributed by atoms with Crippen molar-refractivity contribution in [2.45, 2.75) is 61.0 Å². The number of piperidine rings is 2. The molecule has 2 N–H and O–H groups in total. The summed E-state index contributed by atoms with van der Waals surface area (Å²) in [6.07, 6.45) is 0.862. The Balaban J connectivity index is 1.07. The number of fused-ring (bicyclic) bond motifs is 1. The van der Waals surface area contributed by atoms with E-state index in [1.807, 2.05) is 23.2 Å². The number of methoxy groups -OCH3 is 1. The molecule has 0 bridgehead atoms. The van der Waals surface area contributed by atoms with E-state index in [1.165, 1.54) is 23.4 Å². The van der Waals surface area contributed by atoms with Crippen molar-refractivity contribution < 1.29 is 27.4 Å². The number of dihydropyridines is 1. The van der Waals surface area contributed by atoms with Crippen LogP contribution < -0.4 is 10.2 Å². The molecule has 7 nitrogen and oxygen atoms in total. The molecule has 0 amide bonds. The zero-order valence-electron chi connectivity index (χ0n) is 26.8. The van der Waals surface area contributed by atoms with Crippen molar-refractivity contribution in [2.75, 3.05) is 65.2 Å². The summed E-state index contributed by atoms with van der Waals surface area (Å²) in [6, 6.07) is 12.4. The monoisotopic (exact) mass is 675 g/mol. The van der Waals surface area contributed by atoms with Crippen molar-refractivity contribution in [3.05, 3.63) is 70.9 Å². The number of aliphatic imine (C=N–C) groups is 1. The Bertz CT molecular complexity index is 1390. The average molecular weight is 676 g/mol. The zero-order valence-corrected chi connectivity index (χ0v) is 27.7. The Labute approximate surface area is 279 Å². The third-order valence-electron chi connectivity index (χ3n) is 9.93. The van der Waals surface area contributed by atoms with Crippen LogP contribution in [0.3, 0.4) is 0 Å². The predicted molar refractivity (Wildman–Crippen MR) is 178 cm³/mol. The number of β-amino-alcohol motifs (C(OH)–C–C–N with tert-alkyl or cyclic N) is 1. The molecular weight excluding hydrogens is 630 g/mol. The number of hydrogen-bond donors (Lipinski definition) is 2. The van der Waals surface area contributed by atoms with Gasteiger partial charge in [-0.3, -0.25) is 4.99 Å². The van der Waals surface area contributed by atoms with Crippen LogP contribution in [0.2, 0.25) is 0 Å². The zero-order chi connectivity index (χ0) is 33.0. The molecule has 256 valence electrons. The number of alkyl halides is 4. The first kappa shape index (κ1) is 34.2. The highest BCUT2D eigenvalue weighted by Gasteiger charge is 2.40. The summed E-state index contributed by atoms with van der Waals surface area (Å²) >= 11 is 1.21. The lowest BCUT2D eigenvalue weighted by atomic mass is 9.89. The van der Waals surface area contributed by atoms with Gasteiger partial charge in [-0.15, -0.1) is 11.8 Å². The lowest BCUT2D eigenvalue weighted by molar-refractivity contribution is -0.139. The van der Waals surface area contributed by atoms with Crippen molar-refractivity contribution in [1.82, 2.24) is 20.2 Å². The summed E-state index contributed by atoms with van der Waals surface area (Å²) in [5.74, 6) is 1.79. The van der Waals surface area contributed by atoms with Gasteiger partial charge in [0.2, 0.25) is 0 Å². The van der Waals surface area contributed by atoms with E-state index in [0.29, 0.717) is 63.8 Å². The number of benzene rings is 2. The van der Waals surface area contributed by atoms with Gasteiger partial charge in [0.1, 0.15) is 11.9 Å². The van der Waals surface area contributed by atoms with Crippen LogP contribution in [0.15, 0.2) is 64.1 Å². The van der Waals surface area contributed by atoms with Gasteiger partial charge in [-0.05, 0) is 86.2 Å². The van der Waals surface area contributed by atoms with Gasteiger partial charge < -0.3 is 24.7 Å². The van der Waals surface area contributed by atoms with Crippen LogP contribution in [-0.2, 0) is 6.18 Å². The van der Waals surface area contributed by atoms with E-state index in [4.69, 9.17) is 4.74 Å². The SMILES string of the molecule is COc1ccc(C2CCN(C[C@H](O)CN3NC(c4ccc(C(F)(F)F)c(SCCN5CCC(F)CC5)c4)C4CN=CC=C43)CC2)cc1. The largest absolute Gasteiger partial charge is 0.497 e. The van der Waals surface area contributed by atoms with Crippen LogP contribution in [-0.4, -0.2) is 104 Å². The van der Waals surface area contributed by atoms with Gasteiger partial charge >= 0.3 is 6.18 Å². The number of nitrogens with one attached hydrogen (secondary N) is 1. The van der Waals surface area contributed by atoms with Crippen LogP contribution in [0.25, 0.3) is 0 Å². The molecule has 6 rings (SSSR count). The summed E-state index contributed by atoms with van der Waals surface area (Å²) in [5, 5.41) is 13.2. The molecule has 2 aromatic carbocycles. The number of hydrazine groups is 1. The molecule has 0 spiro atoms. The number of ether oxygens (including phenoxy) is 1. The molecule has 0 saturated carbocycles. The van der Waals surface area contributed by atoms with E-state index >= 15 is 0 Å². The molecule has 0 aromatic heterocycles. The van der Waals surface area contributed by atoms with E-state index in [9.17, 15) is 22.7 Å². The van der Waals surface area contributed by atoms with Gasteiger partial charge in [0, 0.05) is 61.2 Å². The molecule has 4 aliphatic heterocycles. The Morgan fingerprint density at radius 2 is 1.68 bits per heavy atom. The van der Waals surface area contributed by atoms with E-state index in [1.54, 1.807) is 25.5 Å². The number of likely N-dealkylation sites (tertiary alicyclic amines) is 2. The fourth-order valence-corrected chi connectivity index (χ4v) is 8.40. The summed E-state index contributed by atoms with van der Waals surface area (Å²) < 4.78 is 60.9. The molecule has 0 radical (unpaired) electrons. The van der Waals surface area contributed by atoms with Gasteiger partial charge in [-0.25, -0.2) is 9.82 Å². The van der Waals surface area contributed by atoms with Crippen molar-refractivity contribution in [3.63, 3.8) is 0 Å². The molecular formula is C35H45F4N5O2S. The first-order chi connectivity index (χ1) is 22.7. The van der Waals surface area contributed by atoms with Gasteiger partial charge in [-0.2, -0.15) is 13.2 Å². The first-order valence-corrected chi connectivity index (χ1v) is 17.6. The first-order valence-electron chi connectivity index (χ1n) is 16.7. The fraction of sp³-hybridized carbons (Fsp3) is 0.571. The highest BCUT2D eigenvalue weighted by atomic mass is 32.2. The summed E-state index contributed by atoms with van der Waals surface area (Å²) in [7, 11) is 1.67. The third kappa shape index (κ3) is 8.51. The van der Waals surface area contributed by atoms with E-state index in [0.717, 1.165) is 42.9 Å². The quantitative estimate of drug-likeness (QED) is 0.226. The molecule has 3 atom stereocenters. The van der Waals surface area contributed by atoms with E-state index in [2.05, 4.69) is 32.4 Å². The topological polar surface area (TPSA) is 63.6 Å². The second kappa shape index (κ2) is 15.3. The van der Waals surface area contributed by atoms with Gasteiger partial charge in [0.25, 0.3) is 0 Å². The maximum atomic E-state index is 14.0. The molecule has 0 aliphatic carbocycles. The maximum absolute atomic E-state index is 14.0.